The van der Waals surface area contributed by atoms with Crippen molar-refractivity contribution in [3.05, 3.63) is 59.9 Å². The van der Waals surface area contributed by atoms with Crippen molar-refractivity contribution in [1.82, 2.24) is 0 Å². The van der Waals surface area contributed by atoms with Gasteiger partial charge in [0.05, 0.1) is 0 Å². The predicted octanol–water partition coefficient (Wildman–Crippen LogP) is 4.42. The third kappa shape index (κ3) is 4.91. The molecule has 136 valence electrons. The van der Waals surface area contributed by atoms with Gasteiger partial charge in [0.25, 0.3) is 0 Å². The third-order valence-corrected chi connectivity index (χ3v) is 4.60. The third-order valence-electron chi connectivity index (χ3n) is 4.60. The number of amides is 1. The van der Waals surface area contributed by atoms with Gasteiger partial charge in [-0.05, 0) is 67.8 Å². The van der Waals surface area contributed by atoms with Crippen molar-refractivity contribution in [3.8, 4) is 0 Å². The van der Waals surface area contributed by atoms with Gasteiger partial charge in [-0.1, -0.05) is 0 Å². The van der Waals surface area contributed by atoms with Crippen LogP contribution in [0.1, 0.15) is 42.5 Å². The van der Waals surface area contributed by atoms with Crippen molar-refractivity contribution in [2.45, 2.75) is 32.1 Å². The number of ketones is 1. The molecule has 0 bridgehead atoms. The zero-order chi connectivity index (χ0) is 18.4. The van der Waals surface area contributed by atoms with Gasteiger partial charge in [-0.15, -0.1) is 0 Å². The Morgan fingerprint density at radius 1 is 0.923 bits per heavy atom. The number of hydrogen-bond donors (Lipinski definition) is 1. The number of anilines is 2. The van der Waals surface area contributed by atoms with Crippen LogP contribution in [0.5, 0.6) is 0 Å². The summed E-state index contributed by atoms with van der Waals surface area (Å²) in [5.41, 5.74) is 2.43. The minimum atomic E-state index is -0.364. The Bertz CT molecular complexity index is 751. The van der Waals surface area contributed by atoms with Crippen LogP contribution in [0, 0.1) is 5.82 Å². The molecular formula is C21H23FN2O2. The number of benzene rings is 2. The van der Waals surface area contributed by atoms with Gasteiger partial charge < -0.3 is 10.2 Å². The largest absolute Gasteiger partial charge is 0.372 e. The molecule has 0 saturated carbocycles. The van der Waals surface area contributed by atoms with E-state index in [2.05, 4.69) is 10.2 Å². The Morgan fingerprint density at radius 3 is 2.23 bits per heavy atom. The van der Waals surface area contributed by atoms with Crippen LogP contribution >= 0.6 is 0 Å². The van der Waals surface area contributed by atoms with E-state index in [1.165, 1.54) is 42.8 Å². The highest BCUT2D eigenvalue weighted by Crippen LogP contribution is 2.22. The van der Waals surface area contributed by atoms with Gasteiger partial charge in [-0.2, -0.15) is 0 Å². The van der Waals surface area contributed by atoms with Crippen LogP contribution in [-0.2, 0) is 4.79 Å². The van der Waals surface area contributed by atoms with Crippen LogP contribution in [0.3, 0.4) is 0 Å². The Hall–Kier alpha value is -2.69. The number of halogens is 1. The van der Waals surface area contributed by atoms with Crippen LogP contribution in [0.25, 0.3) is 0 Å². The van der Waals surface area contributed by atoms with E-state index in [9.17, 15) is 14.0 Å². The second-order valence-corrected chi connectivity index (χ2v) is 6.57. The fourth-order valence-corrected chi connectivity index (χ4v) is 3.14. The Morgan fingerprint density at radius 2 is 1.58 bits per heavy atom. The molecule has 1 N–H and O–H groups in total. The number of rotatable bonds is 7. The normalized spacial score (nSPS) is 13.7. The monoisotopic (exact) mass is 354 g/mol. The van der Waals surface area contributed by atoms with Crippen molar-refractivity contribution in [2.24, 2.45) is 0 Å². The second kappa shape index (κ2) is 8.61. The van der Waals surface area contributed by atoms with E-state index in [1.807, 2.05) is 24.3 Å². The average Bonchev–Trinajstić information content (AvgIpc) is 3.17. The molecule has 0 aliphatic carbocycles. The first-order chi connectivity index (χ1) is 12.6. The zero-order valence-electron chi connectivity index (χ0n) is 14.7. The van der Waals surface area contributed by atoms with E-state index >= 15 is 0 Å². The molecule has 1 amide bonds. The minimum absolute atomic E-state index is 0.0761. The zero-order valence-corrected chi connectivity index (χ0v) is 14.7. The molecule has 1 aliphatic rings. The summed E-state index contributed by atoms with van der Waals surface area (Å²) in [6, 6.07) is 13.4. The van der Waals surface area contributed by atoms with Gasteiger partial charge >= 0.3 is 0 Å². The fraction of sp³-hybridized carbons (Fsp3) is 0.333. The lowest BCUT2D eigenvalue weighted by Crippen LogP contribution is -2.17. The van der Waals surface area contributed by atoms with Gasteiger partial charge in [0.1, 0.15) is 5.82 Å². The number of nitrogens with one attached hydrogen (secondary N) is 1. The smallest absolute Gasteiger partial charge is 0.224 e. The molecule has 0 unspecified atom stereocenters. The van der Waals surface area contributed by atoms with E-state index in [4.69, 9.17) is 0 Å². The van der Waals surface area contributed by atoms with Gasteiger partial charge in [-0.25, -0.2) is 4.39 Å². The van der Waals surface area contributed by atoms with Crippen molar-refractivity contribution in [3.63, 3.8) is 0 Å². The first kappa shape index (κ1) is 18.1. The van der Waals surface area contributed by atoms with Crippen molar-refractivity contribution < 1.29 is 14.0 Å². The maximum absolute atomic E-state index is 12.9. The standard InChI is InChI=1S/C21H23FN2O2/c22-17-8-6-16(7-9-17)20(25)4-3-5-21(26)23-18-10-12-19(13-11-18)24-14-1-2-15-24/h6-13H,1-5,14-15H2,(H,23,26). The molecule has 4 nitrogen and oxygen atoms in total. The summed E-state index contributed by atoms with van der Waals surface area (Å²) < 4.78 is 12.9. The van der Waals surface area contributed by atoms with E-state index < -0.39 is 0 Å². The molecule has 1 fully saturated rings. The van der Waals surface area contributed by atoms with Crippen LogP contribution in [-0.4, -0.2) is 24.8 Å². The van der Waals surface area contributed by atoms with Gasteiger partial charge in [0, 0.05) is 42.9 Å². The van der Waals surface area contributed by atoms with E-state index in [0.29, 0.717) is 12.0 Å². The summed E-state index contributed by atoms with van der Waals surface area (Å²) in [4.78, 5) is 26.4. The highest BCUT2D eigenvalue weighted by molar-refractivity contribution is 5.96. The predicted molar refractivity (Wildman–Crippen MR) is 101 cm³/mol. The Balaban J connectivity index is 1.42. The number of Topliss-reactive ketones (excluding diaryl/α,β-unsaturated/α-hetero) is 1. The first-order valence-corrected chi connectivity index (χ1v) is 9.05. The molecule has 0 aromatic heterocycles. The summed E-state index contributed by atoms with van der Waals surface area (Å²) in [5, 5.41) is 2.86. The molecule has 0 spiro atoms. The summed E-state index contributed by atoms with van der Waals surface area (Å²) in [6.45, 7) is 2.18. The summed E-state index contributed by atoms with van der Waals surface area (Å²) in [6.07, 6.45) is 3.48. The van der Waals surface area contributed by atoms with Crippen LogP contribution in [0.4, 0.5) is 15.8 Å². The molecule has 1 heterocycles. The molecule has 0 radical (unpaired) electrons. The molecule has 1 aliphatic heterocycles. The van der Waals surface area contributed by atoms with Gasteiger partial charge in [0.15, 0.2) is 5.78 Å². The fourth-order valence-electron chi connectivity index (χ4n) is 3.14. The maximum atomic E-state index is 12.9. The SMILES string of the molecule is O=C(CCCC(=O)c1ccc(F)cc1)Nc1ccc(N2CCCC2)cc1. The minimum Gasteiger partial charge on any atom is -0.372 e. The van der Waals surface area contributed by atoms with Gasteiger partial charge in [0.2, 0.25) is 5.91 Å². The molecular weight excluding hydrogens is 331 g/mol. The van der Waals surface area contributed by atoms with Crippen LogP contribution in [0.2, 0.25) is 0 Å². The highest BCUT2D eigenvalue weighted by atomic mass is 19.1. The quantitative estimate of drug-likeness (QED) is 0.749. The topological polar surface area (TPSA) is 49.4 Å². The summed E-state index contributed by atoms with van der Waals surface area (Å²) in [5.74, 6) is -0.546. The highest BCUT2D eigenvalue weighted by Gasteiger charge is 2.12. The van der Waals surface area contributed by atoms with Crippen molar-refractivity contribution in [1.29, 1.82) is 0 Å². The second-order valence-electron chi connectivity index (χ2n) is 6.57. The van der Waals surface area contributed by atoms with Crippen LogP contribution < -0.4 is 10.2 Å². The average molecular weight is 354 g/mol. The first-order valence-electron chi connectivity index (χ1n) is 9.05. The molecule has 2 aromatic carbocycles. The van der Waals surface area contributed by atoms with Crippen molar-refractivity contribution in [2.75, 3.05) is 23.3 Å². The number of carbonyl (C=O) groups is 2. The number of nitrogens with zero attached hydrogens (tertiary/aromatic N) is 1. The van der Waals surface area contributed by atoms with E-state index in [-0.39, 0.29) is 30.3 Å². The molecule has 1 saturated heterocycles. The van der Waals surface area contributed by atoms with Gasteiger partial charge in [-0.3, -0.25) is 9.59 Å². The lowest BCUT2D eigenvalue weighted by molar-refractivity contribution is -0.116. The van der Waals surface area contributed by atoms with Crippen LogP contribution in [0.15, 0.2) is 48.5 Å². The number of carbonyl (C=O) groups excluding carboxylic acids is 2. The molecule has 0 atom stereocenters. The Kier molecular flexibility index (Phi) is 6.00. The maximum Gasteiger partial charge on any atom is 0.224 e. The Labute approximate surface area is 153 Å². The molecule has 2 aromatic rings. The lowest BCUT2D eigenvalue weighted by atomic mass is 10.1. The summed E-state index contributed by atoms with van der Waals surface area (Å²) >= 11 is 0. The number of hydrogen-bond acceptors (Lipinski definition) is 3. The summed E-state index contributed by atoms with van der Waals surface area (Å²) in [7, 11) is 0. The van der Waals surface area contributed by atoms with E-state index in [0.717, 1.165) is 18.8 Å². The van der Waals surface area contributed by atoms with E-state index in [1.54, 1.807) is 0 Å². The molecule has 5 heteroatoms. The molecule has 3 rings (SSSR count). The molecule has 26 heavy (non-hydrogen) atoms. The lowest BCUT2D eigenvalue weighted by Gasteiger charge is -2.17. The van der Waals surface area contributed by atoms with Crippen molar-refractivity contribution >= 4 is 23.1 Å².